The monoisotopic (exact) mass is 277 g/mol. The molecule has 5 heteroatoms. The maximum atomic E-state index is 9.31. The molecule has 0 amide bonds. The Morgan fingerprint density at radius 3 is 2.38 bits per heavy atom. The van der Waals surface area contributed by atoms with Crippen LogP contribution in [0.1, 0.15) is 12.5 Å². The molecular formula is C11H10Cl3NO. The highest BCUT2D eigenvalue weighted by Gasteiger charge is 2.15. The number of aromatic nitrogens is 1. The van der Waals surface area contributed by atoms with Crippen molar-refractivity contribution in [2.75, 3.05) is 0 Å². The van der Waals surface area contributed by atoms with Crippen LogP contribution < -0.4 is 0 Å². The second-order valence-electron chi connectivity index (χ2n) is 3.46. The van der Waals surface area contributed by atoms with Crippen molar-refractivity contribution in [3.05, 3.63) is 32.9 Å². The van der Waals surface area contributed by atoms with Crippen molar-refractivity contribution in [3.63, 3.8) is 0 Å². The number of aliphatic hydroxyl groups excluding tert-OH is 1. The van der Waals surface area contributed by atoms with E-state index >= 15 is 0 Å². The molecule has 0 fully saturated rings. The molecule has 1 aromatic heterocycles. The molecular weight excluding hydrogens is 268 g/mol. The van der Waals surface area contributed by atoms with Gasteiger partial charge in [0.15, 0.2) is 0 Å². The number of aryl methyl sites for hydroxylation is 1. The zero-order valence-electron chi connectivity index (χ0n) is 8.60. The average molecular weight is 279 g/mol. The zero-order valence-corrected chi connectivity index (χ0v) is 10.9. The van der Waals surface area contributed by atoms with Crippen LogP contribution in [-0.4, -0.2) is 9.67 Å². The minimum Gasteiger partial charge on any atom is -0.392 e. The maximum Gasteiger partial charge on any atom is 0.115 e. The fourth-order valence-corrected chi connectivity index (χ4v) is 2.53. The van der Waals surface area contributed by atoms with Crippen LogP contribution in [0.2, 0.25) is 15.2 Å². The second kappa shape index (κ2) is 4.46. The third-order valence-electron chi connectivity index (χ3n) is 2.61. The van der Waals surface area contributed by atoms with Crippen LogP contribution in [0, 0.1) is 0 Å². The highest BCUT2D eigenvalue weighted by Crippen LogP contribution is 2.35. The molecule has 0 saturated heterocycles. The van der Waals surface area contributed by atoms with Gasteiger partial charge in [0.05, 0.1) is 22.2 Å². The van der Waals surface area contributed by atoms with Crippen molar-refractivity contribution in [3.8, 4) is 0 Å². The Kier molecular flexibility index (Phi) is 3.36. The van der Waals surface area contributed by atoms with E-state index in [0.717, 1.165) is 10.9 Å². The third kappa shape index (κ3) is 1.70. The molecule has 2 rings (SSSR count). The lowest BCUT2D eigenvalue weighted by Crippen LogP contribution is -1.93. The standard InChI is InChI=1S/C11H10Cl3NO/c1-2-15-10-4-9(13)8(12)3-6(10)7(5-16)11(15)14/h3-4,16H,2,5H2,1H3. The third-order valence-corrected chi connectivity index (χ3v) is 3.77. The summed E-state index contributed by atoms with van der Waals surface area (Å²) in [4.78, 5) is 0. The minimum absolute atomic E-state index is 0.111. The summed E-state index contributed by atoms with van der Waals surface area (Å²) in [6.45, 7) is 2.59. The van der Waals surface area contributed by atoms with E-state index in [9.17, 15) is 5.11 Å². The zero-order chi connectivity index (χ0) is 11.9. The Morgan fingerprint density at radius 1 is 1.19 bits per heavy atom. The molecule has 0 atom stereocenters. The molecule has 0 aliphatic carbocycles. The number of benzene rings is 1. The van der Waals surface area contributed by atoms with Gasteiger partial charge in [0.2, 0.25) is 0 Å². The Morgan fingerprint density at radius 2 is 1.81 bits per heavy atom. The topological polar surface area (TPSA) is 25.2 Å². The molecule has 2 aromatic rings. The molecule has 0 saturated carbocycles. The molecule has 0 radical (unpaired) electrons. The normalized spacial score (nSPS) is 11.3. The Labute approximate surface area is 108 Å². The van der Waals surface area contributed by atoms with Crippen LogP contribution in [0.15, 0.2) is 12.1 Å². The molecule has 1 aromatic carbocycles. The number of halogens is 3. The van der Waals surface area contributed by atoms with Gasteiger partial charge in [-0.2, -0.15) is 0 Å². The van der Waals surface area contributed by atoms with Gasteiger partial charge in [0, 0.05) is 17.5 Å². The summed E-state index contributed by atoms with van der Waals surface area (Å²) in [7, 11) is 0. The summed E-state index contributed by atoms with van der Waals surface area (Å²) in [6.07, 6.45) is 0. The highest BCUT2D eigenvalue weighted by atomic mass is 35.5. The highest BCUT2D eigenvalue weighted by molar-refractivity contribution is 6.43. The van der Waals surface area contributed by atoms with Crippen molar-refractivity contribution >= 4 is 45.7 Å². The first-order valence-corrected chi connectivity index (χ1v) is 6.00. The Balaban J connectivity index is 2.89. The summed E-state index contributed by atoms with van der Waals surface area (Å²) in [5.74, 6) is 0. The van der Waals surface area contributed by atoms with Gasteiger partial charge in [-0.05, 0) is 19.1 Å². The quantitative estimate of drug-likeness (QED) is 0.878. The van der Waals surface area contributed by atoms with Gasteiger partial charge in [-0.1, -0.05) is 34.8 Å². The van der Waals surface area contributed by atoms with Crippen LogP contribution in [0.3, 0.4) is 0 Å². The first-order valence-electron chi connectivity index (χ1n) is 4.86. The number of hydrogen-bond donors (Lipinski definition) is 1. The van der Waals surface area contributed by atoms with Crippen molar-refractivity contribution in [1.29, 1.82) is 0 Å². The first kappa shape index (κ1) is 12.1. The minimum atomic E-state index is -0.111. The Bertz CT molecular complexity index is 501. The molecule has 0 bridgehead atoms. The molecule has 2 nitrogen and oxygen atoms in total. The molecule has 0 aliphatic rings. The molecule has 0 unspecified atom stereocenters. The van der Waals surface area contributed by atoms with E-state index in [1.54, 1.807) is 12.1 Å². The van der Waals surface area contributed by atoms with Gasteiger partial charge >= 0.3 is 0 Å². The van der Waals surface area contributed by atoms with E-state index in [2.05, 4.69) is 0 Å². The van der Waals surface area contributed by atoms with Crippen molar-refractivity contribution in [1.82, 2.24) is 4.57 Å². The van der Waals surface area contributed by atoms with E-state index in [4.69, 9.17) is 34.8 Å². The lowest BCUT2D eigenvalue weighted by atomic mass is 10.2. The van der Waals surface area contributed by atoms with Crippen LogP contribution in [0.4, 0.5) is 0 Å². The van der Waals surface area contributed by atoms with Crippen molar-refractivity contribution in [2.24, 2.45) is 0 Å². The fraction of sp³-hybridized carbons (Fsp3) is 0.273. The smallest absolute Gasteiger partial charge is 0.115 e. The van der Waals surface area contributed by atoms with Gasteiger partial charge in [-0.3, -0.25) is 0 Å². The molecule has 0 spiro atoms. The van der Waals surface area contributed by atoms with E-state index in [-0.39, 0.29) is 6.61 Å². The Hall–Kier alpha value is -0.410. The number of nitrogens with zero attached hydrogens (tertiary/aromatic N) is 1. The van der Waals surface area contributed by atoms with Gasteiger partial charge < -0.3 is 9.67 Å². The second-order valence-corrected chi connectivity index (χ2v) is 4.63. The summed E-state index contributed by atoms with van der Waals surface area (Å²) >= 11 is 18.1. The van der Waals surface area contributed by atoms with E-state index in [1.807, 2.05) is 11.5 Å². The maximum absolute atomic E-state index is 9.31. The molecule has 1 N–H and O–H groups in total. The van der Waals surface area contributed by atoms with Gasteiger partial charge in [0.1, 0.15) is 5.15 Å². The predicted molar refractivity (Wildman–Crippen MR) is 68.6 cm³/mol. The van der Waals surface area contributed by atoms with E-state index in [0.29, 0.717) is 27.3 Å². The molecule has 0 aliphatic heterocycles. The SMILES string of the molecule is CCn1c(Cl)c(CO)c2cc(Cl)c(Cl)cc21. The van der Waals surface area contributed by atoms with Crippen LogP contribution in [-0.2, 0) is 13.2 Å². The molecule has 1 heterocycles. The summed E-state index contributed by atoms with van der Waals surface area (Å²) in [6, 6.07) is 3.51. The fourth-order valence-electron chi connectivity index (χ4n) is 1.84. The van der Waals surface area contributed by atoms with Crippen LogP contribution in [0.5, 0.6) is 0 Å². The summed E-state index contributed by atoms with van der Waals surface area (Å²) < 4.78 is 1.89. The van der Waals surface area contributed by atoms with E-state index in [1.165, 1.54) is 0 Å². The first-order chi connectivity index (χ1) is 7.60. The lowest BCUT2D eigenvalue weighted by Gasteiger charge is -2.03. The van der Waals surface area contributed by atoms with Crippen LogP contribution >= 0.6 is 34.8 Å². The summed E-state index contributed by atoms with van der Waals surface area (Å²) in [5, 5.41) is 11.7. The number of aliphatic hydroxyl groups is 1. The number of hydrogen-bond acceptors (Lipinski definition) is 1. The largest absolute Gasteiger partial charge is 0.392 e. The molecule has 86 valence electrons. The summed E-state index contributed by atoms with van der Waals surface area (Å²) in [5.41, 5.74) is 1.59. The molecule has 16 heavy (non-hydrogen) atoms. The van der Waals surface area contributed by atoms with Gasteiger partial charge in [-0.25, -0.2) is 0 Å². The van der Waals surface area contributed by atoms with Gasteiger partial charge in [0.25, 0.3) is 0 Å². The van der Waals surface area contributed by atoms with Gasteiger partial charge in [-0.15, -0.1) is 0 Å². The predicted octanol–water partition coefficient (Wildman–Crippen LogP) is 4.11. The number of rotatable bonds is 2. The van der Waals surface area contributed by atoms with E-state index < -0.39 is 0 Å². The van der Waals surface area contributed by atoms with Crippen LogP contribution in [0.25, 0.3) is 10.9 Å². The number of fused-ring (bicyclic) bond motifs is 1. The lowest BCUT2D eigenvalue weighted by molar-refractivity contribution is 0.283. The average Bonchev–Trinajstić information content (AvgIpc) is 2.50. The van der Waals surface area contributed by atoms with Crippen molar-refractivity contribution < 1.29 is 5.11 Å². The van der Waals surface area contributed by atoms with Crippen molar-refractivity contribution in [2.45, 2.75) is 20.1 Å².